The van der Waals surface area contributed by atoms with E-state index >= 15 is 0 Å². The number of benzene rings is 1. The number of amidine groups is 1. The lowest BCUT2D eigenvalue weighted by molar-refractivity contribution is 0.117. The van der Waals surface area contributed by atoms with Crippen molar-refractivity contribution in [1.82, 2.24) is 5.32 Å². The highest BCUT2D eigenvalue weighted by atomic mass is 16.5. The first-order valence-electron chi connectivity index (χ1n) is 6.00. The maximum absolute atomic E-state index is 8.76. The second-order valence-electron chi connectivity index (χ2n) is 4.20. The van der Waals surface area contributed by atoms with E-state index in [0.717, 1.165) is 12.1 Å². The van der Waals surface area contributed by atoms with Gasteiger partial charge in [0.1, 0.15) is 5.75 Å². The quantitative estimate of drug-likeness (QED) is 0.296. The van der Waals surface area contributed by atoms with Crippen LogP contribution in [0.3, 0.4) is 0 Å². The van der Waals surface area contributed by atoms with Crippen LogP contribution in [-0.4, -0.2) is 37.9 Å². The Labute approximate surface area is 113 Å². The molecule has 1 rings (SSSR count). The summed E-state index contributed by atoms with van der Waals surface area (Å²) < 4.78 is 10.3. The lowest BCUT2D eigenvalue weighted by Crippen LogP contribution is -2.25. The van der Waals surface area contributed by atoms with E-state index < -0.39 is 0 Å². The summed E-state index contributed by atoms with van der Waals surface area (Å²) in [6.07, 6.45) is 0.154. The standard InChI is InChI=1S/C13H21N3O3/c1-9(18-2)7-15-8-10-4-5-12(19-3)11(6-10)13(14)16-17/h4-6,9,15,17H,7-8H2,1-3H3,(H2,14,16). The first-order chi connectivity index (χ1) is 9.12. The van der Waals surface area contributed by atoms with E-state index in [0.29, 0.717) is 17.9 Å². The summed E-state index contributed by atoms with van der Waals surface area (Å²) in [6.45, 7) is 3.41. The van der Waals surface area contributed by atoms with Gasteiger partial charge in [-0.15, -0.1) is 0 Å². The van der Waals surface area contributed by atoms with Crippen LogP contribution >= 0.6 is 0 Å². The average Bonchev–Trinajstić information content (AvgIpc) is 2.45. The van der Waals surface area contributed by atoms with E-state index in [2.05, 4.69) is 10.5 Å². The van der Waals surface area contributed by atoms with E-state index in [-0.39, 0.29) is 11.9 Å². The van der Waals surface area contributed by atoms with E-state index in [1.165, 1.54) is 0 Å². The van der Waals surface area contributed by atoms with Crippen molar-refractivity contribution in [2.75, 3.05) is 20.8 Å². The van der Waals surface area contributed by atoms with Crippen molar-refractivity contribution in [3.8, 4) is 5.75 Å². The van der Waals surface area contributed by atoms with Crippen LogP contribution in [-0.2, 0) is 11.3 Å². The van der Waals surface area contributed by atoms with E-state index in [4.69, 9.17) is 20.4 Å². The molecule has 0 heterocycles. The van der Waals surface area contributed by atoms with Gasteiger partial charge in [-0.3, -0.25) is 0 Å². The van der Waals surface area contributed by atoms with Gasteiger partial charge in [0.15, 0.2) is 5.84 Å². The number of nitrogens with one attached hydrogen (secondary N) is 1. The molecule has 106 valence electrons. The number of hydrogen-bond donors (Lipinski definition) is 3. The molecule has 0 fully saturated rings. The van der Waals surface area contributed by atoms with Crippen molar-refractivity contribution in [1.29, 1.82) is 0 Å². The minimum atomic E-state index is 0.0314. The summed E-state index contributed by atoms with van der Waals surface area (Å²) in [5, 5.41) is 15.0. The third-order valence-corrected chi connectivity index (χ3v) is 2.81. The normalized spacial score (nSPS) is 13.3. The molecule has 0 aromatic heterocycles. The number of rotatable bonds is 7. The van der Waals surface area contributed by atoms with Gasteiger partial charge in [0.25, 0.3) is 0 Å². The molecule has 19 heavy (non-hydrogen) atoms. The predicted octanol–water partition coefficient (Wildman–Crippen LogP) is 0.914. The number of ether oxygens (including phenoxy) is 2. The Bertz CT molecular complexity index is 435. The van der Waals surface area contributed by atoms with Crippen LogP contribution in [0.15, 0.2) is 23.4 Å². The van der Waals surface area contributed by atoms with E-state index in [1.54, 1.807) is 20.3 Å². The zero-order valence-electron chi connectivity index (χ0n) is 11.5. The van der Waals surface area contributed by atoms with Crippen molar-refractivity contribution in [2.45, 2.75) is 19.6 Å². The summed E-state index contributed by atoms with van der Waals surface area (Å²) in [5.41, 5.74) is 7.21. The van der Waals surface area contributed by atoms with Crippen LogP contribution in [0.5, 0.6) is 5.75 Å². The SMILES string of the molecule is COc1ccc(CNCC(C)OC)cc1/C(N)=N/O. The van der Waals surface area contributed by atoms with Crippen LogP contribution < -0.4 is 15.8 Å². The van der Waals surface area contributed by atoms with Gasteiger partial charge < -0.3 is 25.7 Å². The van der Waals surface area contributed by atoms with Crippen molar-refractivity contribution < 1.29 is 14.7 Å². The molecular formula is C13H21N3O3. The molecule has 0 bridgehead atoms. The monoisotopic (exact) mass is 267 g/mol. The molecule has 0 aliphatic carbocycles. The largest absolute Gasteiger partial charge is 0.496 e. The number of methoxy groups -OCH3 is 2. The van der Waals surface area contributed by atoms with Crippen LogP contribution in [0.1, 0.15) is 18.1 Å². The van der Waals surface area contributed by atoms with Gasteiger partial charge in [-0.2, -0.15) is 0 Å². The minimum absolute atomic E-state index is 0.0314. The molecule has 1 aromatic carbocycles. The van der Waals surface area contributed by atoms with Crippen molar-refractivity contribution in [3.63, 3.8) is 0 Å². The smallest absolute Gasteiger partial charge is 0.173 e. The molecule has 0 aliphatic rings. The van der Waals surface area contributed by atoms with Gasteiger partial charge in [-0.25, -0.2) is 0 Å². The molecule has 0 saturated heterocycles. The van der Waals surface area contributed by atoms with Gasteiger partial charge >= 0.3 is 0 Å². The third kappa shape index (κ3) is 4.42. The van der Waals surface area contributed by atoms with Crippen LogP contribution in [0.2, 0.25) is 0 Å². The van der Waals surface area contributed by atoms with Crippen molar-refractivity contribution in [3.05, 3.63) is 29.3 Å². The van der Waals surface area contributed by atoms with Crippen LogP contribution in [0.4, 0.5) is 0 Å². The fourth-order valence-electron chi connectivity index (χ4n) is 1.62. The Morgan fingerprint density at radius 3 is 2.79 bits per heavy atom. The minimum Gasteiger partial charge on any atom is -0.496 e. The van der Waals surface area contributed by atoms with Crippen molar-refractivity contribution in [2.24, 2.45) is 10.9 Å². The molecule has 0 saturated carbocycles. The van der Waals surface area contributed by atoms with Crippen molar-refractivity contribution >= 4 is 5.84 Å². The molecule has 0 amide bonds. The molecule has 1 aromatic rings. The number of hydrogen-bond acceptors (Lipinski definition) is 5. The van der Waals surface area contributed by atoms with Gasteiger partial charge in [0, 0.05) is 20.2 Å². The Balaban J connectivity index is 2.75. The Hall–Kier alpha value is -1.79. The highest BCUT2D eigenvalue weighted by Gasteiger charge is 2.09. The van der Waals surface area contributed by atoms with Crippen LogP contribution in [0, 0.1) is 0 Å². The van der Waals surface area contributed by atoms with Gasteiger partial charge in [0.05, 0.1) is 18.8 Å². The zero-order chi connectivity index (χ0) is 14.3. The van der Waals surface area contributed by atoms with E-state index in [9.17, 15) is 0 Å². The third-order valence-electron chi connectivity index (χ3n) is 2.81. The Kier molecular flexibility index (Phi) is 6.11. The first kappa shape index (κ1) is 15.3. The molecule has 6 nitrogen and oxygen atoms in total. The second kappa shape index (κ2) is 7.60. The summed E-state index contributed by atoms with van der Waals surface area (Å²) in [5.74, 6) is 0.605. The zero-order valence-corrected chi connectivity index (χ0v) is 11.5. The topological polar surface area (TPSA) is 89.1 Å². The maximum atomic E-state index is 8.76. The number of nitrogens with zero attached hydrogens (tertiary/aromatic N) is 1. The van der Waals surface area contributed by atoms with Gasteiger partial charge in [-0.1, -0.05) is 11.2 Å². The number of nitrogens with two attached hydrogens (primary N) is 1. The highest BCUT2D eigenvalue weighted by molar-refractivity contribution is 5.99. The summed E-state index contributed by atoms with van der Waals surface area (Å²) in [4.78, 5) is 0. The summed E-state index contributed by atoms with van der Waals surface area (Å²) in [7, 11) is 3.22. The fourth-order valence-corrected chi connectivity index (χ4v) is 1.62. The lowest BCUT2D eigenvalue weighted by Gasteiger charge is -2.12. The fraction of sp³-hybridized carbons (Fsp3) is 0.462. The lowest BCUT2D eigenvalue weighted by atomic mass is 10.1. The molecule has 1 unspecified atom stereocenters. The molecule has 4 N–H and O–H groups in total. The van der Waals surface area contributed by atoms with Gasteiger partial charge in [0.2, 0.25) is 0 Å². The molecule has 0 radical (unpaired) electrons. The molecular weight excluding hydrogens is 246 g/mol. The molecule has 0 aliphatic heterocycles. The average molecular weight is 267 g/mol. The molecule has 6 heteroatoms. The van der Waals surface area contributed by atoms with Gasteiger partial charge in [-0.05, 0) is 24.6 Å². The Morgan fingerprint density at radius 2 is 2.21 bits per heavy atom. The Morgan fingerprint density at radius 1 is 1.47 bits per heavy atom. The summed E-state index contributed by atoms with van der Waals surface area (Å²) in [6, 6.07) is 5.56. The number of oxime groups is 1. The second-order valence-corrected chi connectivity index (χ2v) is 4.20. The molecule has 1 atom stereocenters. The van der Waals surface area contributed by atoms with Crippen LogP contribution in [0.25, 0.3) is 0 Å². The maximum Gasteiger partial charge on any atom is 0.173 e. The first-order valence-corrected chi connectivity index (χ1v) is 6.00. The van der Waals surface area contributed by atoms with E-state index in [1.807, 2.05) is 19.1 Å². The molecule has 0 spiro atoms. The highest BCUT2D eigenvalue weighted by Crippen LogP contribution is 2.19. The summed E-state index contributed by atoms with van der Waals surface area (Å²) >= 11 is 0. The predicted molar refractivity (Wildman–Crippen MR) is 73.7 cm³/mol.